The van der Waals surface area contributed by atoms with E-state index in [1.54, 1.807) is 12.3 Å². The average Bonchev–Trinajstić information content (AvgIpc) is 2.71. The van der Waals surface area contributed by atoms with Crippen molar-refractivity contribution < 1.29 is 4.52 Å². The third-order valence-corrected chi connectivity index (χ3v) is 1.63. The molecular formula is C8H8N4O. The molecule has 66 valence electrons. The zero-order valence-electron chi connectivity index (χ0n) is 6.84. The van der Waals surface area contributed by atoms with E-state index in [1.807, 2.05) is 6.07 Å². The quantitative estimate of drug-likeness (QED) is 0.724. The van der Waals surface area contributed by atoms with E-state index < -0.39 is 0 Å². The van der Waals surface area contributed by atoms with Gasteiger partial charge in [0, 0.05) is 18.3 Å². The first kappa shape index (κ1) is 7.88. The highest BCUT2D eigenvalue weighted by Crippen LogP contribution is 2.15. The van der Waals surface area contributed by atoms with E-state index in [-0.39, 0.29) is 0 Å². The standard InChI is InChI=1S/C8H8N4O/c9-4-7-3-6(1-2-10-7)8-11-5-12-13-8/h1-3,5H,4,9H2. The normalized spacial score (nSPS) is 10.2. The number of hydrogen-bond acceptors (Lipinski definition) is 5. The molecule has 0 amide bonds. The summed E-state index contributed by atoms with van der Waals surface area (Å²) >= 11 is 0. The molecule has 0 atom stereocenters. The van der Waals surface area contributed by atoms with Crippen LogP contribution in [0, 0.1) is 0 Å². The van der Waals surface area contributed by atoms with Gasteiger partial charge in [-0.05, 0) is 12.1 Å². The number of rotatable bonds is 2. The van der Waals surface area contributed by atoms with Gasteiger partial charge in [0.25, 0.3) is 5.89 Å². The molecule has 0 spiro atoms. The molecule has 2 rings (SSSR count). The summed E-state index contributed by atoms with van der Waals surface area (Å²) in [5, 5.41) is 3.52. The van der Waals surface area contributed by atoms with Crippen molar-refractivity contribution in [2.45, 2.75) is 6.54 Å². The number of pyridine rings is 1. The van der Waals surface area contributed by atoms with Crippen molar-refractivity contribution in [2.24, 2.45) is 5.73 Å². The lowest BCUT2D eigenvalue weighted by atomic mass is 10.2. The molecule has 0 saturated carbocycles. The third kappa shape index (κ3) is 1.54. The van der Waals surface area contributed by atoms with Gasteiger partial charge in [0.15, 0.2) is 6.33 Å². The molecule has 2 aromatic rings. The smallest absolute Gasteiger partial charge is 0.257 e. The molecule has 13 heavy (non-hydrogen) atoms. The molecule has 0 aliphatic heterocycles. The van der Waals surface area contributed by atoms with E-state index in [2.05, 4.69) is 15.1 Å². The molecule has 0 aliphatic rings. The topological polar surface area (TPSA) is 77.8 Å². The largest absolute Gasteiger partial charge is 0.334 e. The summed E-state index contributed by atoms with van der Waals surface area (Å²) in [6.45, 7) is 0.405. The lowest BCUT2D eigenvalue weighted by Crippen LogP contribution is -1.98. The number of nitrogens with zero attached hydrogens (tertiary/aromatic N) is 3. The van der Waals surface area contributed by atoms with Crippen LogP contribution in [0.15, 0.2) is 29.2 Å². The lowest BCUT2D eigenvalue weighted by Gasteiger charge is -1.96. The maximum absolute atomic E-state index is 5.44. The Hall–Kier alpha value is -1.75. The van der Waals surface area contributed by atoms with E-state index >= 15 is 0 Å². The molecule has 2 aromatic heterocycles. The van der Waals surface area contributed by atoms with Crippen molar-refractivity contribution in [3.8, 4) is 11.5 Å². The number of aromatic nitrogens is 3. The first-order valence-corrected chi connectivity index (χ1v) is 3.82. The van der Waals surface area contributed by atoms with Gasteiger partial charge in [0.05, 0.1) is 5.69 Å². The Morgan fingerprint density at radius 1 is 1.38 bits per heavy atom. The molecule has 0 fully saturated rings. The van der Waals surface area contributed by atoms with Crippen molar-refractivity contribution in [1.29, 1.82) is 0 Å². The fourth-order valence-corrected chi connectivity index (χ4v) is 1.02. The Kier molecular flexibility index (Phi) is 2.01. The number of hydrogen-bond donors (Lipinski definition) is 1. The van der Waals surface area contributed by atoms with E-state index in [0.29, 0.717) is 12.4 Å². The molecule has 0 saturated heterocycles. The zero-order chi connectivity index (χ0) is 9.10. The average molecular weight is 176 g/mol. The number of nitrogens with two attached hydrogens (primary N) is 1. The fraction of sp³-hybridized carbons (Fsp3) is 0.125. The van der Waals surface area contributed by atoms with Gasteiger partial charge < -0.3 is 10.3 Å². The van der Waals surface area contributed by atoms with Crippen LogP contribution in [0.5, 0.6) is 0 Å². The Morgan fingerprint density at radius 3 is 3.00 bits per heavy atom. The zero-order valence-corrected chi connectivity index (χ0v) is 6.84. The SMILES string of the molecule is NCc1cc(-c2ncno2)ccn1. The first-order chi connectivity index (χ1) is 6.40. The van der Waals surface area contributed by atoms with Crippen LogP contribution in [0.2, 0.25) is 0 Å². The molecule has 5 heteroatoms. The monoisotopic (exact) mass is 176 g/mol. The second kappa shape index (κ2) is 3.32. The Labute approximate surface area is 74.6 Å². The summed E-state index contributed by atoms with van der Waals surface area (Å²) in [6, 6.07) is 3.63. The summed E-state index contributed by atoms with van der Waals surface area (Å²) in [5.74, 6) is 0.483. The fourth-order valence-electron chi connectivity index (χ4n) is 1.02. The molecule has 0 bridgehead atoms. The predicted molar refractivity (Wildman–Crippen MR) is 45.4 cm³/mol. The molecular weight excluding hydrogens is 168 g/mol. The molecule has 0 radical (unpaired) electrons. The second-order valence-corrected chi connectivity index (χ2v) is 2.49. The Balaban J connectivity index is 2.41. The van der Waals surface area contributed by atoms with Crippen molar-refractivity contribution in [2.75, 3.05) is 0 Å². The van der Waals surface area contributed by atoms with E-state index in [1.165, 1.54) is 6.33 Å². The lowest BCUT2D eigenvalue weighted by molar-refractivity contribution is 0.430. The van der Waals surface area contributed by atoms with E-state index in [9.17, 15) is 0 Å². The summed E-state index contributed by atoms with van der Waals surface area (Å²) < 4.78 is 4.89. The van der Waals surface area contributed by atoms with Crippen LogP contribution < -0.4 is 5.73 Å². The van der Waals surface area contributed by atoms with Gasteiger partial charge in [0.1, 0.15) is 0 Å². The summed E-state index contributed by atoms with van der Waals surface area (Å²) in [5.41, 5.74) is 7.09. The van der Waals surface area contributed by atoms with Crippen LogP contribution in [0.25, 0.3) is 11.5 Å². The van der Waals surface area contributed by atoms with Gasteiger partial charge in [-0.2, -0.15) is 4.98 Å². The highest BCUT2D eigenvalue weighted by atomic mass is 16.5. The maximum Gasteiger partial charge on any atom is 0.257 e. The third-order valence-electron chi connectivity index (χ3n) is 1.63. The van der Waals surface area contributed by atoms with E-state index in [0.717, 1.165) is 11.3 Å². The summed E-state index contributed by atoms with van der Waals surface area (Å²) in [6.07, 6.45) is 3.03. The molecule has 2 heterocycles. The van der Waals surface area contributed by atoms with Crippen LogP contribution in [-0.2, 0) is 6.54 Å². The van der Waals surface area contributed by atoms with Crippen LogP contribution in [0.3, 0.4) is 0 Å². The first-order valence-electron chi connectivity index (χ1n) is 3.82. The van der Waals surface area contributed by atoms with Gasteiger partial charge in [-0.3, -0.25) is 4.98 Å². The predicted octanol–water partition coefficient (Wildman–Crippen LogP) is 0.590. The van der Waals surface area contributed by atoms with Crippen molar-refractivity contribution in [3.05, 3.63) is 30.4 Å². The van der Waals surface area contributed by atoms with Gasteiger partial charge in [0.2, 0.25) is 0 Å². The summed E-state index contributed by atoms with van der Waals surface area (Å²) in [7, 11) is 0. The van der Waals surface area contributed by atoms with Gasteiger partial charge >= 0.3 is 0 Å². The van der Waals surface area contributed by atoms with Crippen molar-refractivity contribution in [3.63, 3.8) is 0 Å². The maximum atomic E-state index is 5.44. The van der Waals surface area contributed by atoms with Gasteiger partial charge in [-0.25, -0.2) is 0 Å². The minimum atomic E-state index is 0.405. The molecule has 0 unspecified atom stereocenters. The molecule has 0 aliphatic carbocycles. The van der Waals surface area contributed by atoms with Gasteiger partial charge in [-0.1, -0.05) is 5.16 Å². The Bertz CT molecular complexity index is 385. The van der Waals surface area contributed by atoms with Crippen molar-refractivity contribution in [1.82, 2.24) is 15.1 Å². The molecule has 0 aromatic carbocycles. The highest BCUT2D eigenvalue weighted by molar-refractivity contribution is 5.52. The van der Waals surface area contributed by atoms with Crippen LogP contribution >= 0.6 is 0 Å². The second-order valence-electron chi connectivity index (χ2n) is 2.49. The van der Waals surface area contributed by atoms with E-state index in [4.69, 9.17) is 10.3 Å². The van der Waals surface area contributed by atoms with Crippen molar-refractivity contribution >= 4 is 0 Å². The highest BCUT2D eigenvalue weighted by Gasteiger charge is 2.03. The minimum Gasteiger partial charge on any atom is -0.334 e. The summed E-state index contributed by atoms with van der Waals surface area (Å²) in [4.78, 5) is 7.97. The van der Waals surface area contributed by atoms with Crippen LogP contribution in [0.1, 0.15) is 5.69 Å². The van der Waals surface area contributed by atoms with Crippen LogP contribution in [-0.4, -0.2) is 15.1 Å². The minimum absolute atomic E-state index is 0.405. The van der Waals surface area contributed by atoms with Gasteiger partial charge in [-0.15, -0.1) is 0 Å². The molecule has 5 nitrogen and oxygen atoms in total. The molecule has 2 N–H and O–H groups in total. The Morgan fingerprint density at radius 2 is 2.31 bits per heavy atom. The van der Waals surface area contributed by atoms with Crippen LogP contribution in [0.4, 0.5) is 0 Å².